The quantitative estimate of drug-likeness (QED) is 0.714. The maximum Gasteiger partial charge on any atom is 0.322 e. The molecule has 5 nitrogen and oxygen atoms in total. The fraction of sp³-hybridized carbons (Fsp3) is 0.900. The molecule has 0 aromatic heterocycles. The van der Waals surface area contributed by atoms with Gasteiger partial charge in [-0.3, -0.25) is 4.79 Å². The van der Waals surface area contributed by atoms with Crippen molar-refractivity contribution in [3.8, 4) is 0 Å². The summed E-state index contributed by atoms with van der Waals surface area (Å²) < 4.78 is 27.2. The molecule has 0 radical (unpaired) electrons. The summed E-state index contributed by atoms with van der Waals surface area (Å²) >= 11 is 0. The molecule has 0 rings (SSSR count). The molecular weight excluding hydrogens is 230 g/mol. The lowest BCUT2D eigenvalue weighted by molar-refractivity contribution is -0.142. The summed E-state index contributed by atoms with van der Waals surface area (Å²) in [6.07, 6.45) is 0. The first kappa shape index (κ1) is 15.4. The fourth-order valence-electron chi connectivity index (χ4n) is 0.976. The molecule has 16 heavy (non-hydrogen) atoms. The number of nitrogens with one attached hydrogen (secondary N) is 1. The molecule has 0 saturated heterocycles. The van der Waals surface area contributed by atoms with Crippen molar-refractivity contribution in [1.29, 1.82) is 0 Å². The van der Waals surface area contributed by atoms with Crippen LogP contribution in [0.4, 0.5) is 0 Å². The van der Waals surface area contributed by atoms with Crippen LogP contribution in [-0.4, -0.2) is 44.6 Å². The van der Waals surface area contributed by atoms with Crippen molar-refractivity contribution < 1.29 is 17.9 Å². The first-order chi connectivity index (χ1) is 7.12. The lowest BCUT2D eigenvalue weighted by Gasteiger charge is -2.20. The average Bonchev–Trinajstić information content (AvgIpc) is 2.14. The third kappa shape index (κ3) is 4.49. The first-order valence-electron chi connectivity index (χ1n) is 5.15. The molecule has 96 valence electrons. The van der Waals surface area contributed by atoms with Crippen LogP contribution in [-0.2, 0) is 19.4 Å². The smallest absolute Gasteiger partial charge is 0.322 e. The zero-order chi connectivity index (χ0) is 13.0. The molecule has 0 aliphatic carbocycles. The highest BCUT2D eigenvalue weighted by Crippen LogP contribution is 2.15. The van der Waals surface area contributed by atoms with Gasteiger partial charge in [0.2, 0.25) is 0 Å². The van der Waals surface area contributed by atoms with Gasteiger partial charge in [0.05, 0.1) is 17.6 Å². The topological polar surface area (TPSA) is 72.5 Å². The Balaban J connectivity index is 4.15. The Morgan fingerprint density at radius 1 is 1.38 bits per heavy atom. The van der Waals surface area contributed by atoms with Gasteiger partial charge in [0.1, 0.15) is 6.04 Å². The Labute approximate surface area is 97.5 Å². The summed E-state index contributed by atoms with van der Waals surface area (Å²) in [4.78, 5) is 11.0. The van der Waals surface area contributed by atoms with E-state index in [1.165, 1.54) is 7.11 Å². The van der Waals surface area contributed by atoms with Gasteiger partial charge in [-0.15, -0.1) is 0 Å². The third-order valence-corrected chi connectivity index (χ3v) is 4.92. The number of hydrogen-bond donors (Lipinski definition) is 1. The fourth-order valence-corrected chi connectivity index (χ4v) is 1.98. The molecule has 0 aromatic rings. The molecule has 0 fully saturated rings. The molecular formula is C10H21NO4S. The molecule has 0 spiro atoms. The van der Waals surface area contributed by atoms with E-state index in [0.717, 1.165) is 0 Å². The van der Waals surface area contributed by atoms with Gasteiger partial charge in [0, 0.05) is 6.54 Å². The van der Waals surface area contributed by atoms with E-state index in [0.29, 0.717) is 0 Å². The Hall–Kier alpha value is -0.620. The minimum atomic E-state index is -3.14. The Kier molecular flexibility index (Phi) is 5.41. The standard InChI is InChI=1S/C10H21NO4S/c1-8(9(12)15-5)11-6-7-16(13,14)10(2,3)4/h8,11H,6-7H2,1-5H3. The molecule has 0 bridgehead atoms. The van der Waals surface area contributed by atoms with Gasteiger partial charge < -0.3 is 10.1 Å². The molecule has 0 saturated carbocycles. The van der Waals surface area contributed by atoms with E-state index in [1.807, 2.05) is 0 Å². The molecule has 0 aromatic carbocycles. The summed E-state index contributed by atoms with van der Waals surface area (Å²) in [7, 11) is -1.84. The van der Waals surface area contributed by atoms with Crippen LogP contribution < -0.4 is 5.32 Å². The number of ether oxygens (including phenoxy) is 1. The van der Waals surface area contributed by atoms with E-state index in [2.05, 4.69) is 10.1 Å². The lowest BCUT2D eigenvalue weighted by Crippen LogP contribution is -2.40. The maximum absolute atomic E-state index is 11.7. The van der Waals surface area contributed by atoms with E-state index in [4.69, 9.17) is 0 Å². The molecule has 6 heteroatoms. The van der Waals surface area contributed by atoms with E-state index >= 15 is 0 Å². The van der Waals surface area contributed by atoms with Gasteiger partial charge in [-0.2, -0.15) is 0 Å². The summed E-state index contributed by atoms with van der Waals surface area (Å²) in [5.41, 5.74) is 0. The molecule has 0 aliphatic rings. The van der Waals surface area contributed by atoms with Gasteiger partial charge >= 0.3 is 5.97 Å². The van der Waals surface area contributed by atoms with E-state index in [1.54, 1.807) is 27.7 Å². The minimum Gasteiger partial charge on any atom is -0.468 e. The van der Waals surface area contributed by atoms with E-state index < -0.39 is 26.6 Å². The summed E-state index contributed by atoms with van der Waals surface area (Å²) in [6, 6.07) is -0.486. The van der Waals surface area contributed by atoms with Crippen molar-refractivity contribution in [2.75, 3.05) is 19.4 Å². The van der Waals surface area contributed by atoms with Gasteiger partial charge in [-0.05, 0) is 27.7 Å². The van der Waals surface area contributed by atoms with Crippen LogP contribution in [0.15, 0.2) is 0 Å². The highest BCUT2D eigenvalue weighted by Gasteiger charge is 2.28. The van der Waals surface area contributed by atoms with Gasteiger partial charge in [0.15, 0.2) is 9.84 Å². The van der Waals surface area contributed by atoms with E-state index in [-0.39, 0.29) is 12.3 Å². The van der Waals surface area contributed by atoms with Crippen LogP contribution in [0.25, 0.3) is 0 Å². The lowest BCUT2D eigenvalue weighted by atomic mass is 10.3. The maximum atomic E-state index is 11.7. The SMILES string of the molecule is COC(=O)C(C)NCCS(=O)(=O)C(C)(C)C. The van der Waals surface area contributed by atoms with Crippen molar-refractivity contribution in [1.82, 2.24) is 5.32 Å². The molecule has 1 unspecified atom stereocenters. The Bertz CT molecular complexity index is 329. The van der Waals surface area contributed by atoms with Crippen LogP contribution >= 0.6 is 0 Å². The van der Waals surface area contributed by atoms with Crippen LogP contribution in [0.2, 0.25) is 0 Å². The van der Waals surface area contributed by atoms with Crippen molar-refractivity contribution in [3.63, 3.8) is 0 Å². The van der Waals surface area contributed by atoms with Crippen molar-refractivity contribution >= 4 is 15.8 Å². The number of esters is 1. The Morgan fingerprint density at radius 3 is 2.25 bits per heavy atom. The second-order valence-electron chi connectivity index (χ2n) is 4.63. The summed E-state index contributed by atoms with van der Waals surface area (Å²) in [6.45, 7) is 6.86. The molecule has 0 aliphatic heterocycles. The monoisotopic (exact) mass is 251 g/mol. The largest absolute Gasteiger partial charge is 0.468 e. The number of rotatable bonds is 5. The van der Waals surface area contributed by atoms with Crippen molar-refractivity contribution in [3.05, 3.63) is 0 Å². The number of methoxy groups -OCH3 is 1. The zero-order valence-corrected chi connectivity index (χ0v) is 11.3. The molecule has 1 atom stereocenters. The zero-order valence-electron chi connectivity index (χ0n) is 10.5. The van der Waals surface area contributed by atoms with Crippen LogP contribution in [0.1, 0.15) is 27.7 Å². The summed E-state index contributed by atoms with van der Waals surface area (Å²) in [5.74, 6) is -0.383. The Morgan fingerprint density at radius 2 is 1.88 bits per heavy atom. The third-order valence-electron chi connectivity index (χ3n) is 2.31. The minimum absolute atomic E-state index is 0.0117. The highest BCUT2D eigenvalue weighted by molar-refractivity contribution is 7.92. The molecule has 0 amide bonds. The normalized spacial score (nSPS) is 14.6. The van der Waals surface area contributed by atoms with Gasteiger partial charge in [0.25, 0.3) is 0 Å². The molecule has 1 N–H and O–H groups in total. The van der Waals surface area contributed by atoms with E-state index in [9.17, 15) is 13.2 Å². The van der Waals surface area contributed by atoms with Crippen LogP contribution in [0.5, 0.6) is 0 Å². The predicted molar refractivity (Wildman–Crippen MR) is 63.0 cm³/mol. The van der Waals surface area contributed by atoms with Crippen molar-refractivity contribution in [2.45, 2.75) is 38.5 Å². The first-order valence-corrected chi connectivity index (χ1v) is 6.80. The predicted octanol–water partition coefficient (Wildman–Crippen LogP) is 0.351. The number of carbonyl (C=O) groups is 1. The van der Waals surface area contributed by atoms with Gasteiger partial charge in [-0.25, -0.2) is 8.42 Å². The van der Waals surface area contributed by atoms with Crippen LogP contribution in [0, 0.1) is 0 Å². The number of carbonyl (C=O) groups excluding carboxylic acids is 1. The second kappa shape index (κ2) is 5.63. The highest BCUT2D eigenvalue weighted by atomic mass is 32.2. The molecule has 0 heterocycles. The van der Waals surface area contributed by atoms with Gasteiger partial charge in [-0.1, -0.05) is 0 Å². The second-order valence-corrected chi connectivity index (χ2v) is 7.49. The number of sulfone groups is 1. The average molecular weight is 251 g/mol. The summed E-state index contributed by atoms with van der Waals surface area (Å²) in [5, 5.41) is 2.81. The van der Waals surface area contributed by atoms with Crippen molar-refractivity contribution in [2.24, 2.45) is 0 Å². The van der Waals surface area contributed by atoms with Crippen LogP contribution in [0.3, 0.4) is 0 Å². The number of hydrogen-bond acceptors (Lipinski definition) is 5.